The summed E-state index contributed by atoms with van der Waals surface area (Å²) in [5.74, 6) is -2.04. The lowest BCUT2D eigenvalue weighted by atomic mass is 10.0. The summed E-state index contributed by atoms with van der Waals surface area (Å²) in [6.45, 7) is 1.55. The molecule has 0 fully saturated rings. The van der Waals surface area contributed by atoms with Crippen molar-refractivity contribution in [3.63, 3.8) is 0 Å². The number of aldehydes is 1. The van der Waals surface area contributed by atoms with Crippen molar-refractivity contribution in [2.24, 2.45) is 0 Å². The zero-order chi connectivity index (χ0) is 10.7. The summed E-state index contributed by atoms with van der Waals surface area (Å²) in [7, 11) is 0. The van der Waals surface area contributed by atoms with Crippen molar-refractivity contribution in [2.75, 3.05) is 0 Å². The minimum atomic E-state index is -0.852. The molecule has 0 aliphatic rings. The van der Waals surface area contributed by atoms with Crippen LogP contribution in [0.1, 0.15) is 17.5 Å². The van der Waals surface area contributed by atoms with Crippen LogP contribution in [0.25, 0.3) is 0 Å². The smallest absolute Gasteiger partial charge is 0.194 e. The van der Waals surface area contributed by atoms with Gasteiger partial charge in [0.25, 0.3) is 0 Å². The molecule has 0 saturated carbocycles. The summed E-state index contributed by atoms with van der Waals surface area (Å²) < 4.78 is 13.2. The zero-order valence-corrected chi connectivity index (χ0v) is 7.75. The number of rotatable bonds is 3. The van der Waals surface area contributed by atoms with Crippen LogP contribution in [0.3, 0.4) is 0 Å². The first-order valence-corrected chi connectivity index (χ1v) is 4.21. The van der Waals surface area contributed by atoms with Crippen molar-refractivity contribution in [3.05, 3.63) is 23.0 Å². The van der Waals surface area contributed by atoms with Crippen LogP contribution in [-0.2, 0) is 11.2 Å². The van der Waals surface area contributed by atoms with E-state index in [-0.39, 0.29) is 18.4 Å². The highest BCUT2D eigenvalue weighted by atomic mass is 19.1. The van der Waals surface area contributed by atoms with Crippen LogP contribution in [0.4, 0.5) is 4.39 Å². The molecule has 0 aliphatic carbocycles. The average molecular weight is 198 g/mol. The third kappa shape index (κ3) is 1.84. The molecule has 0 unspecified atom stereocenters. The molecule has 0 heterocycles. The second-order valence-electron chi connectivity index (χ2n) is 3.07. The second-order valence-corrected chi connectivity index (χ2v) is 3.07. The highest BCUT2D eigenvalue weighted by Crippen LogP contribution is 2.33. The monoisotopic (exact) mass is 198 g/mol. The number of benzene rings is 1. The van der Waals surface area contributed by atoms with Gasteiger partial charge in [-0.2, -0.15) is 0 Å². The summed E-state index contributed by atoms with van der Waals surface area (Å²) in [6, 6.07) is 1.42. The molecule has 4 heteroatoms. The maximum absolute atomic E-state index is 13.2. The van der Waals surface area contributed by atoms with Gasteiger partial charge in [-0.3, -0.25) is 0 Å². The molecule has 0 bridgehead atoms. The Hall–Kier alpha value is -1.58. The van der Waals surface area contributed by atoms with E-state index in [2.05, 4.69) is 0 Å². The predicted molar refractivity (Wildman–Crippen MR) is 48.9 cm³/mol. The lowest BCUT2D eigenvalue weighted by Gasteiger charge is -2.07. The summed E-state index contributed by atoms with van der Waals surface area (Å²) in [5.41, 5.74) is 0.634. The van der Waals surface area contributed by atoms with E-state index in [1.165, 1.54) is 6.07 Å². The molecule has 2 N–H and O–H groups in total. The topological polar surface area (TPSA) is 57.5 Å². The van der Waals surface area contributed by atoms with E-state index in [9.17, 15) is 14.3 Å². The maximum Gasteiger partial charge on any atom is 0.194 e. The molecule has 1 aromatic carbocycles. The third-order valence-electron chi connectivity index (χ3n) is 2.01. The van der Waals surface area contributed by atoms with Crippen molar-refractivity contribution in [1.82, 2.24) is 0 Å². The number of carbonyl (C=O) groups is 1. The maximum atomic E-state index is 13.2. The number of hydrogen-bond donors (Lipinski definition) is 2. The van der Waals surface area contributed by atoms with Crippen LogP contribution in [0, 0.1) is 12.7 Å². The third-order valence-corrected chi connectivity index (χ3v) is 2.01. The molecular weight excluding hydrogens is 187 g/mol. The Bertz CT molecular complexity index is 361. The minimum absolute atomic E-state index is 0.195. The van der Waals surface area contributed by atoms with Gasteiger partial charge in [-0.05, 0) is 30.5 Å². The Morgan fingerprint density at radius 3 is 2.64 bits per heavy atom. The molecule has 0 aliphatic heterocycles. The Balaban J connectivity index is 3.12. The second kappa shape index (κ2) is 4.09. The quantitative estimate of drug-likeness (QED) is 0.573. The molecule has 0 aromatic heterocycles. The van der Waals surface area contributed by atoms with Gasteiger partial charge < -0.3 is 15.0 Å². The number of aromatic hydroxyl groups is 2. The molecule has 3 nitrogen and oxygen atoms in total. The van der Waals surface area contributed by atoms with Crippen LogP contribution < -0.4 is 0 Å². The highest BCUT2D eigenvalue weighted by molar-refractivity contribution is 5.52. The molecule has 0 spiro atoms. The van der Waals surface area contributed by atoms with Gasteiger partial charge in [0.2, 0.25) is 0 Å². The normalized spacial score (nSPS) is 10.1. The molecule has 14 heavy (non-hydrogen) atoms. The van der Waals surface area contributed by atoms with E-state index in [0.29, 0.717) is 11.8 Å². The number of aryl methyl sites for hydroxylation is 2. The van der Waals surface area contributed by atoms with Gasteiger partial charge in [-0.25, -0.2) is 4.39 Å². The standard InChI is InChI=1S/C10H11FO3/c1-6-5-7(3-2-4-12)8(11)10(14)9(6)13/h4-5,13-14H,2-3H2,1H3. The first-order valence-electron chi connectivity index (χ1n) is 4.21. The average Bonchev–Trinajstić information content (AvgIpc) is 2.18. The summed E-state index contributed by atoms with van der Waals surface area (Å²) in [5, 5.41) is 18.3. The van der Waals surface area contributed by atoms with E-state index < -0.39 is 17.3 Å². The Kier molecular flexibility index (Phi) is 3.06. The Morgan fingerprint density at radius 2 is 2.07 bits per heavy atom. The number of phenolic OH excluding ortho intramolecular Hbond substituents is 2. The van der Waals surface area contributed by atoms with Crippen molar-refractivity contribution in [1.29, 1.82) is 0 Å². The van der Waals surface area contributed by atoms with Crippen LogP contribution in [-0.4, -0.2) is 16.5 Å². The van der Waals surface area contributed by atoms with Crippen LogP contribution in [0.5, 0.6) is 11.5 Å². The molecule has 1 rings (SSSR count). The highest BCUT2D eigenvalue weighted by Gasteiger charge is 2.14. The van der Waals surface area contributed by atoms with Gasteiger partial charge >= 0.3 is 0 Å². The number of halogens is 1. The first kappa shape index (κ1) is 10.5. The molecule has 0 radical (unpaired) electrons. The molecule has 76 valence electrons. The van der Waals surface area contributed by atoms with E-state index in [0.717, 1.165) is 0 Å². The van der Waals surface area contributed by atoms with Crippen molar-refractivity contribution < 1.29 is 19.4 Å². The summed E-state index contributed by atoms with van der Waals surface area (Å²) >= 11 is 0. The Morgan fingerprint density at radius 1 is 1.43 bits per heavy atom. The molecule has 1 aromatic rings. The fourth-order valence-electron chi connectivity index (χ4n) is 1.23. The first-order chi connectivity index (χ1) is 6.57. The number of phenols is 2. The number of hydrogen-bond acceptors (Lipinski definition) is 3. The lowest BCUT2D eigenvalue weighted by molar-refractivity contribution is -0.107. The lowest BCUT2D eigenvalue weighted by Crippen LogP contribution is -1.94. The largest absolute Gasteiger partial charge is 0.504 e. The summed E-state index contributed by atoms with van der Waals surface area (Å²) in [4.78, 5) is 10.1. The fourth-order valence-corrected chi connectivity index (χ4v) is 1.23. The van der Waals surface area contributed by atoms with Gasteiger partial charge in [0.05, 0.1) is 0 Å². The predicted octanol–water partition coefficient (Wildman–Crippen LogP) is 1.68. The van der Waals surface area contributed by atoms with Crippen LogP contribution in [0.2, 0.25) is 0 Å². The Labute approximate surface area is 80.8 Å². The van der Waals surface area contributed by atoms with Crippen LogP contribution in [0.15, 0.2) is 6.07 Å². The van der Waals surface area contributed by atoms with Gasteiger partial charge in [0.1, 0.15) is 6.29 Å². The van der Waals surface area contributed by atoms with Gasteiger partial charge in [-0.1, -0.05) is 0 Å². The molecule has 0 amide bonds. The van der Waals surface area contributed by atoms with Gasteiger partial charge in [0, 0.05) is 6.42 Å². The minimum Gasteiger partial charge on any atom is -0.504 e. The van der Waals surface area contributed by atoms with E-state index in [4.69, 9.17) is 5.11 Å². The molecule has 0 saturated heterocycles. The van der Waals surface area contributed by atoms with E-state index in [1.807, 2.05) is 0 Å². The zero-order valence-electron chi connectivity index (χ0n) is 7.75. The fraction of sp³-hybridized carbons (Fsp3) is 0.300. The number of carbonyl (C=O) groups excluding carboxylic acids is 1. The summed E-state index contributed by atoms with van der Waals surface area (Å²) in [6.07, 6.45) is 1.10. The van der Waals surface area contributed by atoms with E-state index >= 15 is 0 Å². The van der Waals surface area contributed by atoms with Crippen LogP contribution >= 0.6 is 0 Å². The van der Waals surface area contributed by atoms with E-state index in [1.54, 1.807) is 6.92 Å². The SMILES string of the molecule is Cc1cc(CCC=O)c(F)c(O)c1O. The van der Waals surface area contributed by atoms with Gasteiger partial charge in [0.15, 0.2) is 17.3 Å². The van der Waals surface area contributed by atoms with Crippen molar-refractivity contribution in [2.45, 2.75) is 19.8 Å². The molecule has 0 atom stereocenters. The molecular formula is C10H11FO3. The van der Waals surface area contributed by atoms with Crippen molar-refractivity contribution in [3.8, 4) is 11.5 Å². The van der Waals surface area contributed by atoms with Crippen molar-refractivity contribution >= 4 is 6.29 Å². The van der Waals surface area contributed by atoms with Gasteiger partial charge in [-0.15, -0.1) is 0 Å².